The third-order valence-electron chi connectivity index (χ3n) is 18.6. The number of hydrogen-bond acceptors (Lipinski definition) is 13. The minimum atomic E-state index is -1.79. The molecule has 2 fully saturated rings. The van der Waals surface area contributed by atoms with Crippen LogP contribution in [-0.4, -0.2) is 140 Å². The maximum Gasteiger partial charge on any atom is 0.220 e. The molecule has 0 spiro atoms. The van der Waals surface area contributed by atoms with Gasteiger partial charge in [0.05, 0.1) is 32.0 Å². The fraction of sp³-hybridized carbons (Fsp3) is 0.932. The Morgan fingerprint density at radius 2 is 0.727 bits per heavy atom. The number of unbranched alkanes of at least 4 members (excludes halogenated alkanes) is 48. The molecule has 0 aromatic rings. The Morgan fingerprint density at radius 1 is 0.398 bits per heavy atom. The van der Waals surface area contributed by atoms with Crippen LogP contribution in [0.3, 0.4) is 0 Å². The molecule has 520 valence electrons. The largest absolute Gasteiger partial charge is 0.394 e. The molecule has 0 aromatic heterocycles. The summed E-state index contributed by atoms with van der Waals surface area (Å²) in [7, 11) is 0. The number of carbonyl (C=O) groups excluding carboxylic acids is 1. The van der Waals surface area contributed by atoms with Crippen LogP contribution < -0.4 is 5.32 Å². The Labute approximate surface area is 539 Å². The lowest BCUT2D eigenvalue weighted by molar-refractivity contribution is -0.359. The topological polar surface area (TPSA) is 228 Å². The maximum atomic E-state index is 13.3. The SMILES string of the molecule is CCCCCCCCCCCCCCCC/C=C/CC/C=C/C(O)C(COC1OC(CO)C(OC2OC(CO)C(O)C(O)C2O)C(O)C1O)NC(=O)CCCCCCCCCCCCCCCCCCCCCCCCCCCCCCCCCCCC. The van der Waals surface area contributed by atoms with E-state index in [-0.39, 0.29) is 18.9 Å². The van der Waals surface area contributed by atoms with Crippen molar-refractivity contribution >= 4 is 5.91 Å². The highest BCUT2D eigenvalue weighted by atomic mass is 16.7. The fourth-order valence-corrected chi connectivity index (χ4v) is 12.7. The zero-order valence-corrected chi connectivity index (χ0v) is 56.7. The Kier molecular flexibility index (Phi) is 55.6. The number of nitrogens with one attached hydrogen (secondary N) is 1. The van der Waals surface area contributed by atoms with Gasteiger partial charge in [0.15, 0.2) is 12.6 Å². The molecule has 88 heavy (non-hydrogen) atoms. The zero-order valence-electron chi connectivity index (χ0n) is 56.7. The highest BCUT2D eigenvalue weighted by molar-refractivity contribution is 5.76. The van der Waals surface area contributed by atoms with Gasteiger partial charge in [-0.1, -0.05) is 334 Å². The highest BCUT2D eigenvalue weighted by Gasteiger charge is 2.51. The smallest absolute Gasteiger partial charge is 0.220 e. The molecule has 2 rings (SSSR count). The highest BCUT2D eigenvalue weighted by Crippen LogP contribution is 2.30. The van der Waals surface area contributed by atoms with Crippen LogP contribution in [-0.2, 0) is 23.7 Å². The molecule has 2 aliphatic rings. The summed E-state index contributed by atoms with van der Waals surface area (Å²) in [6.07, 6.45) is 58.4. The fourth-order valence-electron chi connectivity index (χ4n) is 12.7. The summed E-state index contributed by atoms with van der Waals surface area (Å²) in [5, 5.41) is 87.4. The minimum Gasteiger partial charge on any atom is -0.394 e. The molecule has 12 unspecified atom stereocenters. The van der Waals surface area contributed by atoms with Gasteiger partial charge in [-0.05, 0) is 32.1 Å². The van der Waals surface area contributed by atoms with Crippen LogP contribution in [0.25, 0.3) is 0 Å². The Bertz CT molecular complexity index is 1570. The van der Waals surface area contributed by atoms with Gasteiger partial charge in [-0.2, -0.15) is 0 Å². The first-order valence-electron chi connectivity index (χ1n) is 37.6. The lowest BCUT2D eigenvalue weighted by Crippen LogP contribution is -2.65. The Morgan fingerprint density at radius 3 is 1.11 bits per heavy atom. The molecule has 0 radical (unpaired) electrons. The van der Waals surface area contributed by atoms with Crippen molar-refractivity contribution in [1.29, 1.82) is 0 Å². The predicted molar refractivity (Wildman–Crippen MR) is 360 cm³/mol. The van der Waals surface area contributed by atoms with Crippen LogP contribution in [0.5, 0.6) is 0 Å². The molecule has 14 nitrogen and oxygen atoms in total. The molecule has 2 saturated heterocycles. The van der Waals surface area contributed by atoms with Crippen LogP contribution in [0.1, 0.15) is 348 Å². The van der Waals surface area contributed by atoms with E-state index in [9.17, 15) is 45.6 Å². The first-order chi connectivity index (χ1) is 43.1. The first kappa shape index (κ1) is 82.6. The number of rotatable bonds is 63. The number of hydrogen-bond donors (Lipinski definition) is 9. The standard InChI is InChI=1S/C74H141NO13/c1-3-5-7-9-11-13-15-17-19-21-23-25-26-27-28-29-30-31-32-33-34-35-36-37-38-40-42-44-46-48-50-52-54-56-58-66(79)75-62(63(78)57-55-53-51-49-47-45-43-41-39-24-22-20-18-16-14-12-10-8-6-4-2)61-85-73-71(84)69(82)72(65(60-77)87-73)88-74-70(83)68(81)67(80)64(59-76)86-74/h47,49,55,57,62-65,67-74,76-78,80-84H,3-46,48,50-54,56,58-61H2,1-2H3,(H,75,79)/b49-47+,57-55+. The normalized spacial score (nSPS) is 23.2. The van der Waals surface area contributed by atoms with E-state index in [1.54, 1.807) is 6.08 Å². The number of allylic oxidation sites excluding steroid dienone is 3. The van der Waals surface area contributed by atoms with Gasteiger partial charge in [0.2, 0.25) is 5.91 Å². The average molecular weight is 1250 g/mol. The van der Waals surface area contributed by atoms with Gasteiger partial charge in [-0.25, -0.2) is 0 Å². The average Bonchev–Trinajstić information content (AvgIpc) is 1.73. The van der Waals surface area contributed by atoms with Gasteiger partial charge < -0.3 is 65.1 Å². The van der Waals surface area contributed by atoms with Crippen LogP contribution in [0.2, 0.25) is 0 Å². The Balaban J connectivity index is 1.62. The number of ether oxygens (including phenoxy) is 4. The summed E-state index contributed by atoms with van der Waals surface area (Å²) in [6, 6.07) is -0.929. The van der Waals surface area contributed by atoms with Gasteiger partial charge in [-0.15, -0.1) is 0 Å². The number of aliphatic hydroxyl groups is 8. The predicted octanol–water partition coefficient (Wildman–Crippen LogP) is 15.9. The number of amides is 1. The van der Waals surface area contributed by atoms with E-state index >= 15 is 0 Å². The van der Waals surface area contributed by atoms with Crippen molar-refractivity contribution in [3.05, 3.63) is 24.3 Å². The zero-order chi connectivity index (χ0) is 63.8. The van der Waals surface area contributed by atoms with Crippen molar-refractivity contribution < 1.29 is 64.6 Å². The van der Waals surface area contributed by atoms with Gasteiger partial charge in [0.25, 0.3) is 0 Å². The minimum absolute atomic E-state index is 0.241. The quantitative estimate of drug-likeness (QED) is 0.0204. The van der Waals surface area contributed by atoms with Gasteiger partial charge >= 0.3 is 0 Å². The van der Waals surface area contributed by atoms with E-state index in [0.717, 1.165) is 32.1 Å². The molecule has 0 saturated carbocycles. The van der Waals surface area contributed by atoms with Crippen molar-refractivity contribution in [2.75, 3.05) is 19.8 Å². The van der Waals surface area contributed by atoms with Crippen LogP contribution in [0.4, 0.5) is 0 Å². The molecular formula is C74H141NO13. The van der Waals surface area contributed by atoms with Crippen molar-refractivity contribution in [1.82, 2.24) is 5.32 Å². The Hall–Kier alpha value is -1.53. The summed E-state index contributed by atoms with van der Waals surface area (Å²) < 4.78 is 22.9. The van der Waals surface area contributed by atoms with Crippen LogP contribution >= 0.6 is 0 Å². The van der Waals surface area contributed by atoms with Crippen molar-refractivity contribution in [3.63, 3.8) is 0 Å². The molecule has 2 aliphatic heterocycles. The molecule has 2 heterocycles. The van der Waals surface area contributed by atoms with E-state index in [1.165, 1.54) is 283 Å². The van der Waals surface area contributed by atoms with E-state index in [2.05, 4.69) is 31.3 Å². The van der Waals surface area contributed by atoms with Crippen molar-refractivity contribution in [2.24, 2.45) is 0 Å². The lowest BCUT2D eigenvalue weighted by Gasteiger charge is -2.46. The lowest BCUT2D eigenvalue weighted by atomic mass is 9.97. The second kappa shape index (κ2) is 59.2. The van der Waals surface area contributed by atoms with Crippen LogP contribution in [0.15, 0.2) is 24.3 Å². The summed E-state index contributed by atoms with van der Waals surface area (Å²) in [5.74, 6) is -0.241. The second-order valence-electron chi connectivity index (χ2n) is 26.8. The van der Waals surface area contributed by atoms with E-state index in [0.29, 0.717) is 12.8 Å². The van der Waals surface area contributed by atoms with E-state index < -0.39 is 86.8 Å². The summed E-state index contributed by atoms with van der Waals surface area (Å²) in [4.78, 5) is 13.3. The first-order valence-corrected chi connectivity index (χ1v) is 37.6. The van der Waals surface area contributed by atoms with Crippen molar-refractivity contribution in [3.8, 4) is 0 Å². The third-order valence-corrected chi connectivity index (χ3v) is 18.6. The molecule has 0 aromatic carbocycles. The maximum absolute atomic E-state index is 13.3. The van der Waals surface area contributed by atoms with Crippen molar-refractivity contribution in [2.45, 2.75) is 421 Å². The summed E-state index contributed by atoms with van der Waals surface area (Å²) in [5.41, 5.74) is 0. The monoisotopic (exact) mass is 1250 g/mol. The van der Waals surface area contributed by atoms with E-state index in [1.807, 2.05) is 6.08 Å². The third kappa shape index (κ3) is 42.6. The van der Waals surface area contributed by atoms with Gasteiger partial charge in [0, 0.05) is 6.42 Å². The second-order valence-corrected chi connectivity index (χ2v) is 26.8. The number of aliphatic hydroxyl groups excluding tert-OH is 8. The molecule has 0 aliphatic carbocycles. The molecule has 12 atom stereocenters. The van der Waals surface area contributed by atoms with E-state index in [4.69, 9.17) is 18.9 Å². The molecule has 0 bridgehead atoms. The van der Waals surface area contributed by atoms with Gasteiger partial charge in [-0.3, -0.25) is 4.79 Å². The number of carbonyl (C=O) groups is 1. The molecule has 9 N–H and O–H groups in total. The molecular weight excluding hydrogens is 1110 g/mol. The summed E-state index contributed by atoms with van der Waals surface area (Å²) in [6.45, 7) is 2.84. The van der Waals surface area contributed by atoms with Crippen LogP contribution in [0, 0.1) is 0 Å². The van der Waals surface area contributed by atoms with Gasteiger partial charge in [0.1, 0.15) is 48.8 Å². The molecule has 1 amide bonds. The molecule has 14 heteroatoms. The summed E-state index contributed by atoms with van der Waals surface area (Å²) >= 11 is 0.